The largest absolute Gasteiger partial charge is 0.369 e. The zero-order chi connectivity index (χ0) is 11.1. The Morgan fingerprint density at radius 2 is 2.07 bits per heavy atom. The SMILES string of the molecule is CC1(C)CCC(C(N)=O)c2ccccc21. The van der Waals surface area contributed by atoms with Gasteiger partial charge in [0.1, 0.15) is 0 Å². The summed E-state index contributed by atoms with van der Waals surface area (Å²) in [6.45, 7) is 4.45. The average molecular weight is 203 g/mol. The molecule has 2 heteroatoms. The smallest absolute Gasteiger partial charge is 0.224 e. The molecule has 1 aliphatic carbocycles. The van der Waals surface area contributed by atoms with Gasteiger partial charge in [0.25, 0.3) is 0 Å². The van der Waals surface area contributed by atoms with E-state index in [0.29, 0.717) is 0 Å². The highest BCUT2D eigenvalue weighted by atomic mass is 16.1. The zero-order valence-electron chi connectivity index (χ0n) is 9.29. The molecule has 0 fully saturated rings. The van der Waals surface area contributed by atoms with Crippen molar-refractivity contribution in [1.29, 1.82) is 0 Å². The first-order valence-electron chi connectivity index (χ1n) is 5.41. The Morgan fingerprint density at radius 3 is 2.73 bits per heavy atom. The van der Waals surface area contributed by atoms with Gasteiger partial charge in [0.2, 0.25) is 5.91 Å². The van der Waals surface area contributed by atoms with Gasteiger partial charge in [-0.05, 0) is 29.4 Å². The first-order valence-corrected chi connectivity index (χ1v) is 5.41. The number of nitrogens with two attached hydrogens (primary N) is 1. The summed E-state index contributed by atoms with van der Waals surface area (Å²) in [7, 11) is 0. The third-order valence-corrected chi connectivity index (χ3v) is 3.47. The van der Waals surface area contributed by atoms with E-state index in [-0.39, 0.29) is 17.2 Å². The van der Waals surface area contributed by atoms with Gasteiger partial charge in [-0.2, -0.15) is 0 Å². The molecule has 0 bridgehead atoms. The Balaban J connectivity index is 2.53. The molecule has 0 spiro atoms. The molecule has 1 atom stereocenters. The van der Waals surface area contributed by atoms with Crippen LogP contribution < -0.4 is 5.73 Å². The molecule has 0 aromatic heterocycles. The second kappa shape index (κ2) is 3.37. The monoisotopic (exact) mass is 203 g/mol. The Bertz CT molecular complexity index is 395. The predicted octanol–water partition coefficient (Wildman–Crippen LogP) is 2.33. The van der Waals surface area contributed by atoms with Crippen LogP contribution in [-0.2, 0) is 10.2 Å². The van der Waals surface area contributed by atoms with Crippen molar-refractivity contribution in [2.75, 3.05) is 0 Å². The lowest BCUT2D eigenvalue weighted by atomic mass is 9.68. The van der Waals surface area contributed by atoms with Gasteiger partial charge in [-0.25, -0.2) is 0 Å². The second-order valence-electron chi connectivity index (χ2n) is 4.96. The van der Waals surface area contributed by atoms with Gasteiger partial charge < -0.3 is 5.73 Å². The van der Waals surface area contributed by atoms with E-state index in [9.17, 15) is 4.79 Å². The zero-order valence-corrected chi connectivity index (χ0v) is 9.29. The fourth-order valence-electron chi connectivity index (χ4n) is 2.51. The third kappa shape index (κ3) is 1.65. The minimum absolute atomic E-state index is 0.0887. The lowest BCUT2D eigenvalue weighted by Crippen LogP contribution is -2.32. The lowest BCUT2D eigenvalue weighted by Gasteiger charge is -2.35. The van der Waals surface area contributed by atoms with Crippen molar-refractivity contribution in [3.63, 3.8) is 0 Å². The summed E-state index contributed by atoms with van der Waals surface area (Å²) >= 11 is 0. The number of fused-ring (bicyclic) bond motifs is 1. The molecule has 0 heterocycles. The summed E-state index contributed by atoms with van der Waals surface area (Å²) in [4.78, 5) is 11.4. The van der Waals surface area contributed by atoms with Crippen LogP contribution in [0.2, 0.25) is 0 Å². The van der Waals surface area contributed by atoms with Crippen molar-refractivity contribution in [3.8, 4) is 0 Å². The fraction of sp³-hybridized carbons (Fsp3) is 0.462. The van der Waals surface area contributed by atoms with Crippen LogP contribution in [0.4, 0.5) is 0 Å². The van der Waals surface area contributed by atoms with Crippen molar-refractivity contribution >= 4 is 5.91 Å². The van der Waals surface area contributed by atoms with Crippen LogP contribution >= 0.6 is 0 Å². The number of carbonyl (C=O) groups excluding carboxylic acids is 1. The quantitative estimate of drug-likeness (QED) is 0.748. The second-order valence-corrected chi connectivity index (χ2v) is 4.96. The average Bonchev–Trinajstić information content (AvgIpc) is 2.17. The number of rotatable bonds is 1. The highest BCUT2D eigenvalue weighted by Crippen LogP contribution is 2.42. The van der Waals surface area contributed by atoms with E-state index in [0.717, 1.165) is 18.4 Å². The highest BCUT2D eigenvalue weighted by Gasteiger charge is 2.34. The van der Waals surface area contributed by atoms with Gasteiger partial charge in [0, 0.05) is 0 Å². The van der Waals surface area contributed by atoms with Crippen LogP contribution in [0.1, 0.15) is 43.7 Å². The molecule has 0 radical (unpaired) electrons. The summed E-state index contributed by atoms with van der Waals surface area (Å²) in [6, 6.07) is 8.16. The van der Waals surface area contributed by atoms with Gasteiger partial charge >= 0.3 is 0 Å². The number of amides is 1. The lowest BCUT2D eigenvalue weighted by molar-refractivity contribution is -0.119. The van der Waals surface area contributed by atoms with E-state index in [4.69, 9.17) is 5.73 Å². The standard InChI is InChI=1S/C13H17NO/c1-13(2)8-7-10(12(14)15)9-5-3-4-6-11(9)13/h3-6,10H,7-8H2,1-2H3,(H2,14,15). The maximum Gasteiger partial charge on any atom is 0.224 e. The molecule has 2 nitrogen and oxygen atoms in total. The Labute approximate surface area is 90.5 Å². The van der Waals surface area contributed by atoms with E-state index >= 15 is 0 Å². The fourth-order valence-corrected chi connectivity index (χ4v) is 2.51. The molecule has 0 saturated heterocycles. The van der Waals surface area contributed by atoms with Crippen LogP contribution in [-0.4, -0.2) is 5.91 Å². The van der Waals surface area contributed by atoms with E-state index in [2.05, 4.69) is 19.9 Å². The van der Waals surface area contributed by atoms with Crippen LogP contribution in [0.5, 0.6) is 0 Å². The van der Waals surface area contributed by atoms with Gasteiger partial charge in [-0.15, -0.1) is 0 Å². The number of benzene rings is 1. The number of hydrogen-bond acceptors (Lipinski definition) is 1. The van der Waals surface area contributed by atoms with Crippen molar-refractivity contribution in [2.24, 2.45) is 5.73 Å². The first-order chi connectivity index (χ1) is 7.02. The summed E-state index contributed by atoms with van der Waals surface area (Å²) < 4.78 is 0. The molecule has 1 aromatic rings. The maximum absolute atomic E-state index is 11.4. The number of primary amides is 1. The topological polar surface area (TPSA) is 43.1 Å². The van der Waals surface area contributed by atoms with Crippen LogP contribution in [0.25, 0.3) is 0 Å². The molecule has 1 amide bonds. The van der Waals surface area contributed by atoms with Crippen LogP contribution in [0, 0.1) is 0 Å². The molecule has 2 N–H and O–H groups in total. The summed E-state index contributed by atoms with van der Waals surface area (Å²) in [5.41, 5.74) is 8.00. The first kappa shape index (κ1) is 10.2. The third-order valence-electron chi connectivity index (χ3n) is 3.47. The molecule has 1 unspecified atom stereocenters. The summed E-state index contributed by atoms with van der Waals surface area (Å²) in [6.07, 6.45) is 1.90. The minimum Gasteiger partial charge on any atom is -0.369 e. The summed E-state index contributed by atoms with van der Waals surface area (Å²) in [5.74, 6) is -0.285. The molecule has 0 aliphatic heterocycles. The molecule has 2 rings (SSSR count). The molecular weight excluding hydrogens is 186 g/mol. The molecule has 1 aliphatic rings. The van der Waals surface area contributed by atoms with Gasteiger partial charge in [0.05, 0.1) is 5.92 Å². The predicted molar refractivity (Wildman–Crippen MR) is 60.6 cm³/mol. The van der Waals surface area contributed by atoms with Crippen molar-refractivity contribution in [2.45, 2.75) is 38.0 Å². The van der Waals surface area contributed by atoms with Crippen LogP contribution in [0.3, 0.4) is 0 Å². The Hall–Kier alpha value is -1.31. The minimum atomic E-state index is -0.196. The number of carbonyl (C=O) groups is 1. The van der Waals surface area contributed by atoms with E-state index < -0.39 is 0 Å². The van der Waals surface area contributed by atoms with E-state index in [1.54, 1.807) is 0 Å². The number of hydrogen-bond donors (Lipinski definition) is 1. The van der Waals surface area contributed by atoms with Crippen LogP contribution in [0.15, 0.2) is 24.3 Å². The Morgan fingerprint density at radius 1 is 1.40 bits per heavy atom. The van der Waals surface area contributed by atoms with Crippen molar-refractivity contribution in [3.05, 3.63) is 35.4 Å². The van der Waals surface area contributed by atoms with E-state index in [1.807, 2.05) is 18.2 Å². The molecule has 80 valence electrons. The molecule has 0 saturated carbocycles. The Kier molecular flexibility index (Phi) is 2.29. The van der Waals surface area contributed by atoms with Gasteiger partial charge in [0.15, 0.2) is 0 Å². The molecular formula is C13H17NO. The normalized spacial score (nSPS) is 23.2. The van der Waals surface area contributed by atoms with Gasteiger partial charge in [-0.3, -0.25) is 4.79 Å². The van der Waals surface area contributed by atoms with Crippen molar-refractivity contribution < 1.29 is 4.79 Å². The maximum atomic E-state index is 11.4. The summed E-state index contributed by atoms with van der Waals surface area (Å²) in [5, 5.41) is 0. The van der Waals surface area contributed by atoms with Gasteiger partial charge in [-0.1, -0.05) is 38.1 Å². The van der Waals surface area contributed by atoms with E-state index in [1.165, 1.54) is 5.56 Å². The van der Waals surface area contributed by atoms with Crippen molar-refractivity contribution in [1.82, 2.24) is 0 Å². The molecule has 1 aromatic carbocycles. The molecule has 15 heavy (non-hydrogen) atoms. The highest BCUT2D eigenvalue weighted by molar-refractivity contribution is 5.82.